The Bertz CT molecular complexity index is 787. The van der Waals surface area contributed by atoms with Gasteiger partial charge in [-0.1, -0.05) is 41.4 Å². The molecule has 2 N–H and O–H groups in total. The third kappa shape index (κ3) is 2.30. The van der Waals surface area contributed by atoms with E-state index >= 15 is 0 Å². The molecule has 112 valence electrons. The molecule has 1 atom stereocenters. The van der Waals surface area contributed by atoms with Gasteiger partial charge in [0.05, 0.1) is 11.4 Å². The Hall–Kier alpha value is -2.17. The number of aryl methyl sites for hydroxylation is 1. The van der Waals surface area contributed by atoms with Crippen molar-refractivity contribution < 1.29 is 14.7 Å². The number of carbonyl (C=O) groups excluding carboxylic acids is 2. The smallest absolute Gasteiger partial charge is 0.261 e. The van der Waals surface area contributed by atoms with Crippen LogP contribution in [0.1, 0.15) is 27.9 Å². The van der Waals surface area contributed by atoms with Crippen LogP contribution in [0.2, 0.25) is 5.02 Å². The van der Waals surface area contributed by atoms with Crippen LogP contribution in [0.25, 0.3) is 0 Å². The number of ketones is 1. The molecular formula is C17H14ClNO3. The van der Waals surface area contributed by atoms with Crippen LogP contribution < -0.4 is 5.32 Å². The fourth-order valence-corrected chi connectivity index (χ4v) is 2.89. The second-order valence-corrected chi connectivity index (χ2v) is 5.85. The van der Waals surface area contributed by atoms with Crippen LogP contribution in [-0.4, -0.2) is 16.8 Å². The van der Waals surface area contributed by atoms with Crippen molar-refractivity contribution >= 4 is 29.0 Å². The minimum Gasteiger partial charge on any atom is -0.375 e. The van der Waals surface area contributed by atoms with Crippen LogP contribution in [0.5, 0.6) is 0 Å². The van der Waals surface area contributed by atoms with Crippen molar-refractivity contribution in [2.45, 2.75) is 18.9 Å². The van der Waals surface area contributed by atoms with E-state index in [1.54, 1.807) is 36.4 Å². The van der Waals surface area contributed by atoms with Gasteiger partial charge in [-0.05, 0) is 25.1 Å². The monoisotopic (exact) mass is 315 g/mol. The Morgan fingerprint density at radius 2 is 2.00 bits per heavy atom. The molecule has 0 bridgehead atoms. The van der Waals surface area contributed by atoms with Crippen molar-refractivity contribution in [1.29, 1.82) is 0 Å². The fraction of sp³-hybridized carbons (Fsp3) is 0.176. The van der Waals surface area contributed by atoms with Gasteiger partial charge < -0.3 is 10.4 Å². The van der Waals surface area contributed by atoms with Gasteiger partial charge in [0, 0.05) is 16.8 Å². The van der Waals surface area contributed by atoms with Crippen LogP contribution >= 0.6 is 11.6 Å². The van der Waals surface area contributed by atoms with Crippen LogP contribution in [-0.2, 0) is 10.4 Å². The van der Waals surface area contributed by atoms with Crippen LogP contribution in [0.15, 0.2) is 42.5 Å². The summed E-state index contributed by atoms with van der Waals surface area (Å²) in [6.07, 6.45) is -0.348. The minimum atomic E-state index is -1.86. The van der Waals surface area contributed by atoms with Crippen molar-refractivity contribution in [3.8, 4) is 0 Å². The molecule has 1 aliphatic rings. The number of amides is 1. The lowest BCUT2D eigenvalue weighted by Crippen LogP contribution is -2.36. The second kappa shape index (κ2) is 5.23. The number of benzene rings is 2. The van der Waals surface area contributed by atoms with Gasteiger partial charge in [-0.3, -0.25) is 9.59 Å². The van der Waals surface area contributed by atoms with E-state index in [2.05, 4.69) is 5.32 Å². The van der Waals surface area contributed by atoms with E-state index < -0.39 is 11.5 Å². The van der Waals surface area contributed by atoms with E-state index in [-0.39, 0.29) is 12.2 Å². The molecule has 0 saturated carbocycles. The molecule has 1 amide bonds. The summed E-state index contributed by atoms with van der Waals surface area (Å²) in [7, 11) is 0. The Labute approximate surface area is 132 Å². The molecule has 4 nitrogen and oxygen atoms in total. The Kier molecular flexibility index (Phi) is 3.51. The maximum atomic E-state index is 12.4. The van der Waals surface area contributed by atoms with E-state index in [1.165, 1.54) is 0 Å². The van der Waals surface area contributed by atoms with Crippen LogP contribution in [0.4, 0.5) is 5.69 Å². The van der Waals surface area contributed by atoms with Gasteiger partial charge >= 0.3 is 0 Å². The van der Waals surface area contributed by atoms with Gasteiger partial charge in [-0.25, -0.2) is 0 Å². The van der Waals surface area contributed by atoms with Crippen molar-refractivity contribution in [3.63, 3.8) is 0 Å². The molecule has 3 rings (SSSR count). The molecular weight excluding hydrogens is 302 g/mol. The predicted molar refractivity (Wildman–Crippen MR) is 84.1 cm³/mol. The third-order valence-corrected chi connectivity index (χ3v) is 4.16. The lowest BCUT2D eigenvalue weighted by atomic mass is 9.87. The molecule has 2 aromatic carbocycles. The van der Waals surface area contributed by atoms with Gasteiger partial charge in [0.15, 0.2) is 11.4 Å². The average molecular weight is 316 g/mol. The van der Waals surface area contributed by atoms with Gasteiger partial charge in [-0.15, -0.1) is 0 Å². The summed E-state index contributed by atoms with van der Waals surface area (Å²) >= 11 is 6.01. The second-order valence-electron chi connectivity index (χ2n) is 5.44. The molecule has 1 aliphatic heterocycles. The third-order valence-electron chi connectivity index (χ3n) is 3.84. The van der Waals surface area contributed by atoms with Gasteiger partial charge in [0.25, 0.3) is 5.91 Å². The largest absolute Gasteiger partial charge is 0.375 e. The summed E-state index contributed by atoms with van der Waals surface area (Å²) in [5.41, 5.74) is 0.297. The van der Waals surface area contributed by atoms with E-state index in [4.69, 9.17) is 11.6 Å². The highest BCUT2D eigenvalue weighted by Crippen LogP contribution is 2.39. The SMILES string of the molecule is Cc1ccc2c(c1)[C@@](O)(CC(=O)c1ccccc1Cl)C(=O)N2. The maximum absolute atomic E-state index is 12.4. The van der Waals surface area contributed by atoms with E-state index in [0.29, 0.717) is 21.8 Å². The lowest BCUT2D eigenvalue weighted by molar-refractivity contribution is -0.133. The number of nitrogens with one attached hydrogen (secondary N) is 1. The average Bonchev–Trinajstić information content (AvgIpc) is 2.71. The van der Waals surface area contributed by atoms with Crippen molar-refractivity contribution in [2.24, 2.45) is 0 Å². The Morgan fingerprint density at radius 1 is 1.27 bits per heavy atom. The van der Waals surface area contributed by atoms with Crippen molar-refractivity contribution in [2.75, 3.05) is 5.32 Å². The molecule has 22 heavy (non-hydrogen) atoms. The molecule has 0 spiro atoms. The lowest BCUT2D eigenvalue weighted by Gasteiger charge is -2.20. The number of Topliss-reactive ketones (excluding diaryl/α,β-unsaturated/α-hetero) is 1. The normalized spacial score (nSPS) is 19.7. The molecule has 0 saturated heterocycles. The molecule has 0 radical (unpaired) electrons. The molecule has 0 fully saturated rings. The van der Waals surface area contributed by atoms with Crippen molar-refractivity contribution in [1.82, 2.24) is 0 Å². The minimum absolute atomic E-state index is 0.298. The molecule has 0 aliphatic carbocycles. The number of hydrogen-bond donors (Lipinski definition) is 2. The number of halogens is 1. The first-order valence-corrected chi connectivity index (χ1v) is 7.22. The zero-order chi connectivity index (χ0) is 15.9. The van der Waals surface area contributed by atoms with Crippen LogP contribution in [0.3, 0.4) is 0 Å². The Balaban J connectivity index is 1.98. The Morgan fingerprint density at radius 3 is 2.73 bits per heavy atom. The van der Waals surface area contributed by atoms with Gasteiger partial charge in [0.1, 0.15) is 0 Å². The molecule has 5 heteroatoms. The summed E-state index contributed by atoms with van der Waals surface area (Å²) in [6, 6.07) is 11.9. The topological polar surface area (TPSA) is 66.4 Å². The number of fused-ring (bicyclic) bond motifs is 1. The van der Waals surface area contributed by atoms with Gasteiger partial charge in [0.2, 0.25) is 0 Å². The zero-order valence-electron chi connectivity index (χ0n) is 11.9. The first-order chi connectivity index (χ1) is 10.4. The number of hydrogen-bond acceptors (Lipinski definition) is 3. The summed E-state index contributed by atoms with van der Waals surface area (Å²) in [5, 5.41) is 13.7. The number of anilines is 1. The summed E-state index contributed by atoms with van der Waals surface area (Å²) in [4.78, 5) is 24.6. The number of aliphatic hydroxyl groups is 1. The maximum Gasteiger partial charge on any atom is 0.261 e. The highest BCUT2D eigenvalue weighted by Gasteiger charge is 2.46. The highest BCUT2D eigenvalue weighted by atomic mass is 35.5. The predicted octanol–water partition coefficient (Wildman–Crippen LogP) is 3.06. The van der Waals surface area contributed by atoms with Gasteiger partial charge in [-0.2, -0.15) is 0 Å². The first-order valence-electron chi connectivity index (χ1n) is 6.84. The number of rotatable bonds is 3. The quantitative estimate of drug-likeness (QED) is 0.855. The molecule has 0 aromatic heterocycles. The zero-order valence-corrected chi connectivity index (χ0v) is 12.6. The van der Waals surface area contributed by atoms with Crippen LogP contribution in [0, 0.1) is 6.92 Å². The fourth-order valence-electron chi connectivity index (χ4n) is 2.65. The highest BCUT2D eigenvalue weighted by molar-refractivity contribution is 6.34. The standard InChI is InChI=1S/C17H14ClNO3/c1-10-6-7-14-12(8-10)17(22,16(21)19-14)9-15(20)11-4-2-3-5-13(11)18/h2-8,22H,9H2,1H3,(H,19,21)/t17-/m0/s1. The summed E-state index contributed by atoms with van der Waals surface area (Å²) in [6.45, 7) is 1.86. The molecule has 1 heterocycles. The molecule has 2 aromatic rings. The van der Waals surface area contributed by atoms with E-state index in [9.17, 15) is 14.7 Å². The molecule has 0 unspecified atom stereocenters. The van der Waals surface area contributed by atoms with Crippen molar-refractivity contribution in [3.05, 3.63) is 64.2 Å². The summed E-state index contributed by atoms with van der Waals surface area (Å²) < 4.78 is 0. The summed E-state index contributed by atoms with van der Waals surface area (Å²) in [5.74, 6) is -0.967. The van der Waals surface area contributed by atoms with E-state index in [1.807, 2.05) is 13.0 Å². The first kappa shape index (κ1) is 14.8. The van der Waals surface area contributed by atoms with E-state index in [0.717, 1.165) is 5.56 Å². The number of carbonyl (C=O) groups is 2.